The Hall–Kier alpha value is -2.41. The summed E-state index contributed by atoms with van der Waals surface area (Å²) < 4.78 is 3.06. The summed E-state index contributed by atoms with van der Waals surface area (Å²) in [4.78, 5) is 21.8. The standard InChI is InChI=1S/C20H25N5OS/c1-13(2)25-6-5-16(22-25)19(26)23-7-9-24(10-8-23)20-21-18-15(4)11-14(3)12-17(18)27-20/h5-6,11-13H,7-10H2,1-4H3. The van der Waals surface area contributed by atoms with Gasteiger partial charge in [0.05, 0.1) is 10.2 Å². The van der Waals surface area contributed by atoms with E-state index in [2.05, 4.69) is 49.8 Å². The maximum absolute atomic E-state index is 12.7. The number of nitrogens with zero attached hydrogens (tertiary/aromatic N) is 5. The molecule has 142 valence electrons. The first-order valence-electron chi connectivity index (χ1n) is 9.39. The van der Waals surface area contributed by atoms with Crippen LogP contribution >= 0.6 is 11.3 Å². The van der Waals surface area contributed by atoms with Crippen molar-refractivity contribution in [3.05, 3.63) is 41.2 Å². The second-order valence-electron chi connectivity index (χ2n) is 7.48. The monoisotopic (exact) mass is 383 g/mol. The quantitative estimate of drug-likeness (QED) is 0.693. The minimum absolute atomic E-state index is 0.0184. The van der Waals surface area contributed by atoms with E-state index in [1.807, 2.05) is 21.8 Å². The average Bonchev–Trinajstić information content (AvgIpc) is 3.28. The smallest absolute Gasteiger partial charge is 0.274 e. The van der Waals surface area contributed by atoms with Crippen molar-refractivity contribution in [1.82, 2.24) is 19.7 Å². The molecule has 0 atom stereocenters. The molecule has 0 aliphatic carbocycles. The van der Waals surface area contributed by atoms with Gasteiger partial charge in [0.25, 0.3) is 5.91 Å². The number of hydrogen-bond donors (Lipinski definition) is 0. The fourth-order valence-electron chi connectivity index (χ4n) is 3.50. The first kappa shape index (κ1) is 18.0. The SMILES string of the molecule is Cc1cc(C)c2nc(N3CCN(C(=O)c4ccn(C(C)C)n4)CC3)sc2c1. The van der Waals surface area contributed by atoms with Crippen molar-refractivity contribution in [3.8, 4) is 0 Å². The summed E-state index contributed by atoms with van der Waals surface area (Å²) in [6.07, 6.45) is 1.87. The zero-order chi connectivity index (χ0) is 19.1. The number of piperazine rings is 1. The summed E-state index contributed by atoms with van der Waals surface area (Å²) in [5.41, 5.74) is 4.12. The summed E-state index contributed by atoms with van der Waals surface area (Å²) in [7, 11) is 0. The molecule has 0 radical (unpaired) electrons. The predicted octanol–water partition coefficient (Wildman–Crippen LogP) is 3.65. The molecule has 1 aliphatic rings. The molecule has 2 aromatic heterocycles. The Labute approximate surface area is 163 Å². The van der Waals surface area contributed by atoms with E-state index >= 15 is 0 Å². The molecule has 0 N–H and O–H groups in total. The number of aromatic nitrogens is 3. The van der Waals surface area contributed by atoms with E-state index in [1.54, 1.807) is 11.3 Å². The van der Waals surface area contributed by atoms with E-state index in [0.717, 1.165) is 23.7 Å². The van der Waals surface area contributed by atoms with Gasteiger partial charge in [0.2, 0.25) is 0 Å². The van der Waals surface area contributed by atoms with Crippen LogP contribution in [0.1, 0.15) is 41.5 Å². The van der Waals surface area contributed by atoms with Crippen molar-refractivity contribution in [1.29, 1.82) is 0 Å². The van der Waals surface area contributed by atoms with Crippen LogP contribution < -0.4 is 4.90 Å². The van der Waals surface area contributed by atoms with E-state index in [4.69, 9.17) is 4.98 Å². The van der Waals surface area contributed by atoms with Gasteiger partial charge in [-0.15, -0.1) is 0 Å². The van der Waals surface area contributed by atoms with Gasteiger partial charge in [-0.1, -0.05) is 17.4 Å². The van der Waals surface area contributed by atoms with Crippen LogP contribution in [0.4, 0.5) is 5.13 Å². The molecule has 0 bridgehead atoms. The molecule has 1 saturated heterocycles. The van der Waals surface area contributed by atoms with Crippen LogP contribution in [0.5, 0.6) is 0 Å². The van der Waals surface area contributed by atoms with Crippen molar-refractivity contribution in [2.24, 2.45) is 0 Å². The number of hydrogen-bond acceptors (Lipinski definition) is 5. The molecule has 1 aliphatic heterocycles. The Morgan fingerprint density at radius 3 is 2.56 bits per heavy atom. The molecule has 27 heavy (non-hydrogen) atoms. The average molecular weight is 384 g/mol. The fraction of sp³-hybridized carbons (Fsp3) is 0.450. The Balaban J connectivity index is 1.45. The molecule has 1 aromatic carbocycles. The number of carbonyl (C=O) groups is 1. The number of aryl methyl sites for hydroxylation is 2. The molecule has 0 spiro atoms. The summed E-state index contributed by atoms with van der Waals surface area (Å²) >= 11 is 1.74. The molecule has 6 nitrogen and oxygen atoms in total. The van der Waals surface area contributed by atoms with Gasteiger partial charge in [-0.3, -0.25) is 9.48 Å². The number of fused-ring (bicyclic) bond motifs is 1. The lowest BCUT2D eigenvalue weighted by atomic mass is 10.1. The first-order chi connectivity index (χ1) is 12.9. The van der Waals surface area contributed by atoms with Crippen LogP contribution in [0.3, 0.4) is 0 Å². The number of benzene rings is 1. The predicted molar refractivity (Wildman–Crippen MR) is 110 cm³/mol. The third-order valence-electron chi connectivity index (χ3n) is 5.01. The molecule has 7 heteroatoms. The Bertz CT molecular complexity index is 982. The van der Waals surface area contributed by atoms with Gasteiger partial charge in [-0.05, 0) is 51.0 Å². The van der Waals surface area contributed by atoms with Crippen molar-refractivity contribution < 1.29 is 4.79 Å². The van der Waals surface area contributed by atoms with Gasteiger partial charge in [-0.25, -0.2) is 4.98 Å². The number of anilines is 1. The van der Waals surface area contributed by atoms with Gasteiger partial charge in [-0.2, -0.15) is 5.10 Å². The Morgan fingerprint density at radius 2 is 1.89 bits per heavy atom. The largest absolute Gasteiger partial charge is 0.345 e. The van der Waals surface area contributed by atoms with Crippen LogP contribution in [-0.2, 0) is 0 Å². The minimum Gasteiger partial charge on any atom is -0.345 e. The molecule has 3 aromatic rings. The summed E-state index contributed by atoms with van der Waals surface area (Å²) in [5.74, 6) is 0.0184. The highest BCUT2D eigenvalue weighted by Crippen LogP contribution is 2.32. The lowest BCUT2D eigenvalue weighted by Gasteiger charge is -2.34. The summed E-state index contributed by atoms with van der Waals surface area (Å²) in [6, 6.07) is 6.45. The Morgan fingerprint density at radius 1 is 1.15 bits per heavy atom. The zero-order valence-corrected chi connectivity index (χ0v) is 17.1. The van der Waals surface area contributed by atoms with Crippen molar-refractivity contribution in [2.75, 3.05) is 31.1 Å². The number of thiazole rings is 1. The van der Waals surface area contributed by atoms with Gasteiger partial charge >= 0.3 is 0 Å². The van der Waals surface area contributed by atoms with Crippen LogP contribution in [0.15, 0.2) is 24.4 Å². The fourth-order valence-corrected chi connectivity index (χ4v) is 4.69. The number of rotatable bonds is 3. The van der Waals surface area contributed by atoms with Gasteiger partial charge in [0.15, 0.2) is 5.13 Å². The summed E-state index contributed by atoms with van der Waals surface area (Å²) in [6.45, 7) is 11.3. The molecule has 3 heterocycles. The van der Waals surface area contributed by atoms with E-state index in [-0.39, 0.29) is 11.9 Å². The highest BCUT2D eigenvalue weighted by molar-refractivity contribution is 7.22. The van der Waals surface area contributed by atoms with Gasteiger partial charge in [0, 0.05) is 38.4 Å². The van der Waals surface area contributed by atoms with Crippen molar-refractivity contribution in [2.45, 2.75) is 33.7 Å². The van der Waals surface area contributed by atoms with Crippen LogP contribution in [0.25, 0.3) is 10.2 Å². The normalized spacial score (nSPS) is 15.1. The number of amides is 1. The number of carbonyl (C=O) groups excluding carboxylic acids is 1. The van der Waals surface area contributed by atoms with Crippen molar-refractivity contribution in [3.63, 3.8) is 0 Å². The maximum Gasteiger partial charge on any atom is 0.274 e. The third-order valence-corrected chi connectivity index (χ3v) is 6.08. The molecular weight excluding hydrogens is 358 g/mol. The lowest BCUT2D eigenvalue weighted by Crippen LogP contribution is -2.48. The Kier molecular flexibility index (Phi) is 4.63. The third kappa shape index (κ3) is 3.43. The second-order valence-corrected chi connectivity index (χ2v) is 8.49. The molecule has 0 unspecified atom stereocenters. The van der Waals surface area contributed by atoms with Crippen molar-refractivity contribution >= 4 is 32.6 Å². The maximum atomic E-state index is 12.7. The van der Waals surface area contributed by atoms with Crippen LogP contribution in [0.2, 0.25) is 0 Å². The highest BCUT2D eigenvalue weighted by Gasteiger charge is 2.25. The minimum atomic E-state index is 0.0184. The van der Waals surface area contributed by atoms with Crippen LogP contribution in [0, 0.1) is 13.8 Å². The van der Waals surface area contributed by atoms with E-state index < -0.39 is 0 Å². The molecule has 0 saturated carbocycles. The molecule has 4 rings (SSSR count). The topological polar surface area (TPSA) is 54.3 Å². The van der Waals surface area contributed by atoms with E-state index in [0.29, 0.717) is 18.8 Å². The van der Waals surface area contributed by atoms with E-state index in [1.165, 1.54) is 15.8 Å². The van der Waals surface area contributed by atoms with Crippen LogP contribution in [-0.4, -0.2) is 51.8 Å². The molecule has 1 fully saturated rings. The van der Waals surface area contributed by atoms with E-state index in [9.17, 15) is 4.79 Å². The zero-order valence-electron chi connectivity index (χ0n) is 16.3. The molecule has 1 amide bonds. The van der Waals surface area contributed by atoms with Gasteiger partial charge in [0.1, 0.15) is 5.69 Å². The second kappa shape index (κ2) is 6.96. The lowest BCUT2D eigenvalue weighted by molar-refractivity contribution is 0.0739. The highest BCUT2D eigenvalue weighted by atomic mass is 32.1. The van der Waals surface area contributed by atoms with Gasteiger partial charge < -0.3 is 9.80 Å². The molecular formula is C20H25N5OS. The summed E-state index contributed by atoms with van der Waals surface area (Å²) in [5, 5.41) is 5.46. The first-order valence-corrected chi connectivity index (χ1v) is 10.2.